The van der Waals surface area contributed by atoms with Crippen LogP contribution in [0.25, 0.3) is 5.65 Å². The number of hydrogen-bond acceptors (Lipinski definition) is 4. The van der Waals surface area contributed by atoms with Gasteiger partial charge in [-0.1, -0.05) is 6.07 Å². The lowest BCUT2D eigenvalue weighted by molar-refractivity contribution is 0.0230. The van der Waals surface area contributed by atoms with Crippen molar-refractivity contribution in [3.05, 3.63) is 46.5 Å². The Morgan fingerprint density at radius 1 is 1.42 bits per heavy atom. The molecule has 2 rings (SSSR count). The molecule has 0 amide bonds. The zero-order valence-corrected chi connectivity index (χ0v) is 11.5. The van der Waals surface area contributed by atoms with E-state index < -0.39 is 0 Å². The molecule has 0 aromatic carbocycles. The number of nitrogens with one attached hydrogen (secondary N) is 1. The maximum Gasteiger partial charge on any atom is 0.258 e. The van der Waals surface area contributed by atoms with E-state index in [0.717, 1.165) is 5.69 Å². The van der Waals surface area contributed by atoms with E-state index >= 15 is 0 Å². The maximum absolute atomic E-state index is 11.9. The second-order valence-electron chi connectivity index (χ2n) is 5.08. The molecule has 5 nitrogen and oxygen atoms in total. The number of methoxy groups -OCH3 is 1. The summed E-state index contributed by atoms with van der Waals surface area (Å²) in [6.45, 7) is 5.25. The molecule has 5 heteroatoms. The first-order chi connectivity index (χ1) is 9.02. The third-order valence-electron chi connectivity index (χ3n) is 3.03. The molecule has 19 heavy (non-hydrogen) atoms. The number of ether oxygens (including phenoxy) is 1. The van der Waals surface area contributed by atoms with E-state index in [-0.39, 0.29) is 11.2 Å². The molecule has 0 saturated carbocycles. The molecule has 0 spiro atoms. The number of nitrogens with zero attached hydrogens (tertiary/aromatic N) is 2. The van der Waals surface area contributed by atoms with Gasteiger partial charge in [0, 0.05) is 32.5 Å². The first-order valence-corrected chi connectivity index (χ1v) is 6.25. The molecule has 1 N–H and O–H groups in total. The predicted octanol–water partition coefficient (Wildman–Crippen LogP) is 1.21. The Kier molecular flexibility index (Phi) is 3.97. The third-order valence-corrected chi connectivity index (χ3v) is 3.03. The monoisotopic (exact) mass is 261 g/mol. The Morgan fingerprint density at radius 2 is 2.21 bits per heavy atom. The lowest BCUT2D eigenvalue weighted by Gasteiger charge is -2.23. The largest absolute Gasteiger partial charge is 0.377 e. The summed E-state index contributed by atoms with van der Waals surface area (Å²) in [4.78, 5) is 16.3. The summed E-state index contributed by atoms with van der Waals surface area (Å²) < 4.78 is 6.85. The third kappa shape index (κ3) is 3.39. The summed E-state index contributed by atoms with van der Waals surface area (Å²) >= 11 is 0. The lowest BCUT2D eigenvalue weighted by Crippen LogP contribution is -2.36. The normalized spacial score (nSPS) is 11.9. The molecule has 0 bridgehead atoms. The average molecular weight is 261 g/mol. The highest BCUT2D eigenvalue weighted by atomic mass is 16.5. The summed E-state index contributed by atoms with van der Waals surface area (Å²) in [5, 5.41) is 3.25. The fourth-order valence-electron chi connectivity index (χ4n) is 1.76. The Hall–Kier alpha value is -1.72. The second kappa shape index (κ2) is 5.50. The van der Waals surface area contributed by atoms with Gasteiger partial charge in [0.05, 0.1) is 11.3 Å². The average Bonchev–Trinajstić information content (AvgIpc) is 2.39. The van der Waals surface area contributed by atoms with E-state index in [0.29, 0.717) is 18.7 Å². The fourth-order valence-corrected chi connectivity index (χ4v) is 1.76. The fraction of sp³-hybridized carbons (Fsp3) is 0.429. The van der Waals surface area contributed by atoms with E-state index in [4.69, 9.17) is 4.74 Å². The minimum absolute atomic E-state index is 0.0617. The van der Waals surface area contributed by atoms with Gasteiger partial charge >= 0.3 is 0 Å². The van der Waals surface area contributed by atoms with Gasteiger partial charge in [-0.3, -0.25) is 9.20 Å². The highest BCUT2D eigenvalue weighted by Crippen LogP contribution is 2.05. The van der Waals surface area contributed by atoms with Crippen LogP contribution >= 0.6 is 0 Å². The van der Waals surface area contributed by atoms with Crippen LogP contribution in [0.3, 0.4) is 0 Å². The van der Waals surface area contributed by atoms with Crippen molar-refractivity contribution >= 4 is 5.65 Å². The molecule has 2 aromatic rings. The van der Waals surface area contributed by atoms with Crippen LogP contribution in [0.5, 0.6) is 0 Å². The smallest absolute Gasteiger partial charge is 0.258 e. The van der Waals surface area contributed by atoms with Gasteiger partial charge in [-0.05, 0) is 26.0 Å². The Labute approximate surface area is 112 Å². The maximum atomic E-state index is 11.9. The Balaban J connectivity index is 2.12. The van der Waals surface area contributed by atoms with Crippen LogP contribution in [0.2, 0.25) is 0 Å². The first kappa shape index (κ1) is 13.7. The van der Waals surface area contributed by atoms with Gasteiger partial charge in [0.1, 0.15) is 5.65 Å². The van der Waals surface area contributed by atoms with Crippen LogP contribution in [-0.2, 0) is 11.3 Å². The zero-order chi connectivity index (χ0) is 13.9. The first-order valence-electron chi connectivity index (χ1n) is 6.25. The molecule has 0 saturated heterocycles. The molecule has 0 fully saturated rings. The van der Waals surface area contributed by atoms with Crippen molar-refractivity contribution in [2.45, 2.75) is 26.0 Å². The van der Waals surface area contributed by atoms with Crippen LogP contribution < -0.4 is 10.9 Å². The van der Waals surface area contributed by atoms with Gasteiger partial charge in [-0.2, -0.15) is 0 Å². The molecule has 2 heterocycles. The molecule has 0 radical (unpaired) electrons. The van der Waals surface area contributed by atoms with Crippen LogP contribution in [0.4, 0.5) is 0 Å². The summed E-state index contributed by atoms with van der Waals surface area (Å²) in [5.74, 6) is 0. The van der Waals surface area contributed by atoms with Gasteiger partial charge in [-0.15, -0.1) is 0 Å². The number of rotatable bonds is 5. The topological polar surface area (TPSA) is 55.6 Å². The van der Waals surface area contributed by atoms with Crippen molar-refractivity contribution in [2.75, 3.05) is 13.7 Å². The standard InChI is InChI=1S/C14H19N3O2/c1-14(2,19-3)10-15-9-11-8-13(18)17-7-5-4-6-12(17)16-11/h4-8,15H,9-10H2,1-3H3. The highest BCUT2D eigenvalue weighted by Gasteiger charge is 2.15. The van der Waals surface area contributed by atoms with Crippen LogP contribution in [0.1, 0.15) is 19.5 Å². The zero-order valence-electron chi connectivity index (χ0n) is 11.5. The molecule has 0 atom stereocenters. The van der Waals surface area contributed by atoms with E-state index in [1.807, 2.05) is 32.0 Å². The summed E-state index contributed by atoms with van der Waals surface area (Å²) in [6.07, 6.45) is 1.72. The molecular weight excluding hydrogens is 242 g/mol. The predicted molar refractivity (Wildman–Crippen MR) is 74.3 cm³/mol. The molecular formula is C14H19N3O2. The Morgan fingerprint density at radius 3 is 2.95 bits per heavy atom. The van der Waals surface area contributed by atoms with E-state index in [1.54, 1.807) is 19.4 Å². The van der Waals surface area contributed by atoms with Crippen LogP contribution in [-0.4, -0.2) is 28.6 Å². The van der Waals surface area contributed by atoms with Crippen LogP contribution in [0.15, 0.2) is 35.3 Å². The quantitative estimate of drug-likeness (QED) is 0.879. The lowest BCUT2D eigenvalue weighted by atomic mass is 10.1. The van der Waals surface area contributed by atoms with Crippen molar-refractivity contribution < 1.29 is 4.74 Å². The van der Waals surface area contributed by atoms with Crippen molar-refractivity contribution in [3.63, 3.8) is 0 Å². The van der Waals surface area contributed by atoms with E-state index in [9.17, 15) is 4.79 Å². The van der Waals surface area contributed by atoms with Crippen molar-refractivity contribution in [1.82, 2.24) is 14.7 Å². The van der Waals surface area contributed by atoms with Gasteiger partial charge in [0.15, 0.2) is 0 Å². The molecule has 0 aliphatic rings. The summed E-state index contributed by atoms with van der Waals surface area (Å²) in [5.41, 5.74) is 1.11. The number of fused-ring (bicyclic) bond motifs is 1. The Bertz CT molecular complexity index is 619. The second-order valence-corrected chi connectivity index (χ2v) is 5.08. The number of hydrogen-bond donors (Lipinski definition) is 1. The molecule has 0 unspecified atom stereocenters. The highest BCUT2D eigenvalue weighted by molar-refractivity contribution is 5.37. The minimum Gasteiger partial charge on any atom is -0.377 e. The summed E-state index contributed by atoms with van der Waals surface area (Å²) in [6, 6.07) is 7.06. The van der Waals surface area contributed by atoms with Crippen molar-refractivity contribution in [1.29, 1.82) is 0 Å². The molecule has 0 aliphatic heterocycles. The summed E-state index contributed by atoms with van der Waals surface area (Å²) in [7, 11) is 1.68. The molecule has 102 valence electrons. The van der Waals surface area contributed by atoms with Crippen LogP contribution in [0, 0.1) is 0 Å². The molecule has 2 aromatic heterocycles. The van der Waals surface area contributed by atoms with E-state index in [2.05, 4.69) is 10.3 Å². The van der Waals surface area contributed by atoms with Gasteiger partial charge in [-0.25, -0.2) is 4.98 Å². The van der Waals surface area contributed by atoms with Gasteiger partial charge in [0.25, 0.3) is 5.56 Å². The van der Waals surface area contributed by atoms with Crippen molar-refractivity contribution in [3.8, 4) is 0 Å². The SMILES string of the molecule is COC(C)(C)CNCc1cc(=O)n2ccccc2n1. The van der Waals surface area contributed by atoms with Gasteiger partial charge < -0.3 is 10.1 Å². The van der Waals surface area contributed by atoms with Gasteiger partial charge in [0.2, 0.25) is 0 Å². The number of aromatic nitrogens is 2. The van der Waals surface area contributed by atoms with E-state index in [1.165, 1.54) is 4.40 Å². The minimum atomic E-state index is -0.230. The number of pyridine rings is 1. The van der Waals surface area contributed by atoms with Crippen molar-refractivity contribution in [2.24, 2.45) is 0 Å². The molecule has 0 aliphatic carbocycles.